The van der Waals surface area contributed by atoms with E-state index in [1.807, 2.05) is 19.9 Å². The number of hydrogen-bond acceptors (Lipinski definition) is 5. The van der Waals surface area contributed by atoms with Gasteiger partial charge in [-0.1, -0.05) is 17.3 Å². The highest BCUT2D eigenvalue weighted by Crippen LogP contribution is 2.18. The summed E-state index contributed by atoms with van der Waals surface area (Å²) in [6, 6.07) is 5.38. The molecule has 0 saturated heterocycles. The molecule has 0 aliphatic heterocycles. The molecule has 120 valence electrons. The first-order valence-electron chi connectivity index (χ1n) is 6.57. The lowest BCUT2D eigenvalue weighted by atomic mass is 10.1. The highest BCUT2D eigenvalue weighted by Gasteiger charge is 2.25. The number of amides is 1. The molecule has 0 fully saturated rings. The van der Waals surface area contributed by atoms with Gasteiger partial charge in [0, 0.05) is 5.69 Å². The van der Waals surface area contributed by atoms with Crippen LogP contribution in [0.25, 0.3) is 0 Å². The molecule has 1 heterocycles. The van der Waals surface area contributed by atoms with Gasteiger partial charge in [-0.3, -0.25) is 4.79 Å². The molecule has 1 aromatic heterocycles. The molecule has 2 rings (SSSR count). The third kappa shape index (κ3) is 3.34. The number of hydrogen-bond donors (Lipinski definition) is 3. The van der Waals surface area contributed by atoms with Crippen LogP contribution in [0.2, 0.25) is 0 Å². The van der Waals surface area contributed by atoms with Gasteiger partial charge in [-0.2, -0.15) is 0 Å². The number of nitrogens with zero attached hydrogens (tertiary/aromatic N) is 3. The van der Waals surface area contributed by atoms with Gasteiger partial charge in [-0.05, 0) is 31.0 Å². The first-order chi connectivity index (χ1) is 10.8. The fraction of sp³-hybridized carbons (Fsp3) is 0.214. The third-order valence-electron chi connectivity index (χ3n) is 3.31. The van der Waals surface area contributed by atoms with E-state index in [2.05, 4.69) is 15.6 Å². The van der Waals surface area contributed by atoms with Gasteiger partial charge < -0.3 is 15.5 Å². The number of carbonyl (C=O) groups excluding carboxylic acids is 1. The largest absolute Gasteiger partial charge is 0.476 e. The second-order valence-corrected chi connectivity index (χ2v) is 4.85. The Bertz CT molecular complexity index is 796. The van der Waals surface area contributed by atoms with Crippen molar-refractivity contribution in [2.24, 2.45) is 0 Å². The average Bonchev–Trinajstić information content (AvgIpc) is 2.87. The average molecular weight is 318 g/mol. The summed E-state index contributed by atoms with van der Waals surface area (Å²) in [6.07, 6.45) is 0. The van der Waals surface area contributed by atoms with E-state index in [1.165, 1.54) is 0 Å². The van der Waals surface area contributed by atoms with Crippen LogP contribution in [-0.4, -0.2) is 43.1 Å². The number of carboxylic acid groups (broad SMARTS) is 2. The van der Waals surface area contributed by atoms with Crippen molar-refractivity contribution < 1.29 is 24.6 Å². The second-order valence-electron chi connectivity index (χ2n) is 4.85. The number of aromatic carboxylic acids is 2. The smallest absolute Gasteiger partial charge is 0.359 e. The van der Waals surface area contributed by atoms with Gasteiger partial charge in [-0.25, -0.2) is 14.3 Å². The van der Waals surface area contributed by atoms with Crippen LogP contribution in [0.3, 0.4) is 0 Å². The molecule has 2 aromatic rings. The SMILES string of the molecule is Cc1cccc(NC(=O)Cn2nnc(C(=O)O)c2C(=O)O)c1C. The van der Waals surface area contributed by atoms with E-state index in [4.69, 9.17) is 10.2 Å². The summed E-state index contributed by atoms with van der Waals surface area (Å²) in [5, 5.41) is 27.3. The van der Waals surface area contributed by atoms with Crippen molar-refractivity contribution in [3.63, 3.8) is 0 Å². The first-order valence-corrected chi connectivity index (χ1v) is 6.57. The van der Waals surface area contributed by atoms with Crippen molar-refractivity contribution >= 4 is 23.5 Å². The molecule has 0 saturated carbocycles. The summed E-state index contributed by atoms with van der Waals surface area (Å²) in [7, 11) is 0. The molecule has 9 heteroatoms. The maximum atomic E-state index is 12.1. The van der Waals surface area contributed by atoms with Crippen molar-refractivity contribution in [3.8, 4) is 0 Å². The Hall–Kier alpha value is -3.23. The van der Waals surface area contributed by atoms with Crippen LogP contribution >= 0.6 is 0 Å². The number of anilines is 1. The fourth-order valence-corrected chi connectivity index (χ4v) is 1.99. The highest BCUT2D eigenvalue weighted by atomic mass is 16.4. The van der Waals surface area contributed by atoms with E-state index < -0.39 is 35.8 Å². The van der Waals surface area contributed by atoms with E-state index in [-0.39, 0.29) is 0 Å². The maximum absolute atomic E-state index is 12.1. The van der Waals surface area contributed by atoms with Crippen LogP contribution in [0, 0.1) is 13.8 Å². The van der Waals surface area contributed by atoms with E-state index in [0.29, 0.717) is 5.69 Å². The molecule has 0 bridgehead atoms. The molecule has 0 aliphatic rings. The molecule has 0 radical (unpaired) electrons. The van der Waals surface area contributed by atoms with Gasteiger partial charge in [-0.15, -0.1) is 5.10 Å². The van der Waals surface area contributed by atoms with Crippen LogP contribution in [0.4, 0.5) is 5.69 Å². The molecule has 23 heavy (non-hydrogen) atoms. The minimum atomic E-state index is -1.52. The summed E-state index contributed by atoms with van der Waals surface area (Å²) in [4.78, 5) is 34.1. The van der Waals surface area contributed by atoms with Gasteiger partial charge >= 0.3 is 11.9 Å². The zero-order chi connectivity index (χ0) is 17.1. The fourth-order valence-electron chi connectivity index (χ4n) is 1.99. The predicted octanol–water partition coefficient (Wildman–Crippen LogP) is 0.930. The molecule has 3 N–H and O–H groups in total. The second kappa shape index (κ2) is 6.26. The Morgan fingerprint density at radius 3 is 2.48 bits per heavy atom. The Balaban J connectivity index is 2.22. The van der Waals surface area contributed by atoms with Crippen molar-refractivity contribution in [2.75, 3.05) is 5.32 Å². The molecule has 0 unspecified atom stereocenters. The van der Waals surface area contributed by atoms with Crippen LogP contribution in [-0.2, 0) is 11.3 Å². The topological polar surface area (TPSA) is 134 Å². The molecule has 9 nitrogen and oxygen atoms in total. The Morgan fingerprint density at radius 2 is 1.87 bits per heavy atom. The van der Waals surface area contributed by atoms with Crippen LogP contribution in [0.15, 0.2) is 18.2 Å². The van der Waals surface area contributed by atoms with Crippen molar-refractivity contribution in [1.82, 2.24) is 15.0 Å². The third-order valence-corrected chi connectivity index (χ3v) is 3.31. The first kappa shape index (κ1) is 16.1. The predicted molar refractivity (Wildman–Crippen MR) is 78.5 cm³/mol. The monoisotopic (exact) mass is 318 g/mol. The quantitative estimate of drug-likeness (QED) is 0.746. The number of benzene rings is 1. The van der Waals surface area contributed by atoms with Crippen LogP contribution in [0.5, 0.6) is 0 Å². The van der Waals surface area contributed by atoms with Gasteiger partial charge in [0.2, 0.25) is 11.6 Å². The van der Waals surface area contributed by atoms with E-state index in [9.17, 15) is 14.4 Å². The number of aromatic nitrogens is 3. The minimum absolute atomic E-state index is 0.463. The Morgan fingerprint density at radius 1 is 1.17 bits per heavy atom. The van der Waals surface area contributed by atoms with Gasteiger partial charge in [0.25, 0.3) is 0 Å². The molecule has 0 spiro atoms. The zero-order valence-electron chi connectivity index (χ0n) is 12.4. The van der Waals surface area contributed by atoms with E-state index >= 15 is 0 Å². The van der Waals surface area contributed by atoms with Crippen LogP contribution in [0.1, 0.15) is 32.1 Å². The molecular formula is C14H14N4O5. The molecule has 1 amide bonds. The summed E-state index contributed by atoms with van der Waals surface area (Å²) >= 11 is 0. The zero-order valence-corrected chi connectivity index (χ0v) is 12.4. The molecule has 0 aliphatic carbocycles. The normalized spacial score (nSPS) is 10.3. The number of carboxylic acids is 2. The Kier molecular flexibility index (Phi) is 4.39. The van der Waals surface area contributed by atoms with E-state index in [1.54, 1.807) is 12.1 Å². The standard InChI is InChI=1S/C14H14N4O5/c1-7-4-3-5-9(8(7)2)15-10(19)6-18-12(14(22)23)11(13(20)21)16-17-18/h3-5H,6H2,1-2H3,(H,15,19)(H,20,21)(H,22,23). The van der Waals surface area contributed by atoms with Gasteiger partial charge in [0.05, 0.1) is 0 Å². The van der Waals surface area contributed by atoms with Gasteiger partial charge in [0.1, 0.15) is 6.54 Å². The number of carbonyl (C=O) groups is 3. The minimum Gasteiger partial charge on any atom is -0.476 e. The summed E-state index contributed by atoms with van der Waals surface area (Å²) in [6.45, 7) is 3.27. The van der Waals surface area contributed by atoms with Gasteiger partial charge in [0.15, 0.2) is 5.69 Å². The summed E-state index contributed by atoms with van der Waals surface area (Å²) in [5.41, 5.74) is 1.10. The van der Waals surface area contributed by atoms with Crippen molar-refractivity contribution in [2.45, 2.75) is 20.4 Å². The Labute approximate surface area is 130 Å². The number of rotatable bonds is 5. The number of aryl methyl sites for hydroxylation is 1. The van der Waals surface area contributed by atoms with Crippen molar-refractivity contribution in [3.05, 3.63) is 40.7 Å². The lowest BCUT2D eigenvalue weighted by molar-refractivity contribution is -0.117. The molecule has 1 aromatic carbocycles. The number of nitrogens with one attached hydrogen (secondary N) is 1. The van der Waals surface area contributed by atoms with Crippen LogP contribution < -0.4 is 5.32 Å². The van der Waals surface area contributed by atoms with E-state index in [0.717, 1.165) is 15.8 Å². The summed E-state index contributed by atoms with van der Waals surface area (Å²) < 4.78 is 0.742. The van der Waals surface area contributed by atoms with Crippen molar-refractivity contribution in [1.29, 1.82) is 0 Å². The molecular weight excluding hydrogens is 304 g/mol. The highest BCUT2D eigenvalue weighted by molar-refractivity contribution is 5.99. The maximum Gasteiger partial charge on any atom is 0.359 e. The lowest BCUT2D eigenvalue weighted by Gasteiger charge is -2.10. The summed E-state index contributed by atoms with van der Waals surface area (Å²) in [5.74, 6) is -3.58. The lowest BCUT2D eigenvalue weighted by Crippen LogP contribution is -2.23. The molecule has 0 atom stereocenters.